The molecule has 3 nitrogen and oxygen atoms in total. The Morgan fingerprint density at radius 3 is 1.40 bits per heavy atom. The van der Waals surface area contributed by atoms with Crippen molar-refractivity contribution in [2.45, 2.75) is 69.5 Å². The zero-order valence-corrected chi connectivity index (χ0v) is 28.0. The van der Waals surface area contributed by atoms with Crippen molar-refractivity contribution < 1.29 is 35.7 Å². The summed E-state index contributed by atoms with van der Waals surface area (Å²) < 4.78 is 94.2. The van der Waals surface area contributed by atoms with Gasteiger partial charge in [-0.05, 0) is 69.4 Å². The van der Waals surface area contributed by atoms with Crippen molar-refractivity contribution in [2.75, 3.05) is 0 Å². The predicted octanol–water partition coefficient (Wildman–Crippen LogP) is 9.28. The highest BCUT2D eigenvalue weighted by Crippen LogP contribution is 2.49. The summed E-state index contributed by atoms with van der Waals surface area (Å²) in [5, 5.41) is 4.42. The number of hydrogen-bond acceptors (Lipinski definition) is 3. The normalized spacial score (nSPS) is 17.8. The van der Waals surface area contributed by atoms with Crippen LogP contribution in [0.3, 0.4) is 0 Å². The average molecular weight is 690 g/mol. The Morgan fingerprint density at radius 1 is 0.638 bits per heavy atom. The maximum absolute atomic E-state index is 13.6. The van der Waals surface area contributed by atoms with Gasteiger partial charge in [0.25, 0.3) is 0 Å². The summed E-state index contributed by atoms with van der Waals surface area (Å²) in [6.07, 6.45) is -12.1. The number of halogens is 6. The van der Waals surface area contributed by atoms with Gasteiger partial charge < -0.3 is 9.31 Å². The first kappa shape index (κ1) is 35.4. The molecule has 5 rings (SSSR count). The average Bonchev–Trinajstić information content (AvgIpc) is 3.23. The lowest BCUT2D eigenvalue weighted by Crippen LogP contribution is -2.41. The molecule has 0 radical (unpaired) electrons. The largest absolute Gasteiger partial charge is 0.458 e. The third-order valence-corrected chi connectivity index (χ3v) is 13.2. The second kappa shape index (κ2) is 13.2. The molecular weight excluding hydrogens is 654 g/mol. The van der Waals surface area contributed by atoms with Gasteiger partial charge in [0.05, 0.1) is 28.5 Å². The minimum absolute atomic E-state index is 0.334. The smallest absolute Gasteiger partial charge is 0.403 e. The van der Waals surface area contributed by atoms with Crippen LogP contribution in [0.4, 0.5) is 26.3 Å². The van der Waals surface area contributed by atoms with Crippen molar-refractivity contribution >= 4 is 35.7 Å². The molecule has 1 heterocycles. The molecule has 47 heavy (non-hydrogen) atoms. The minimum Gasteiger partial charge on any atom is -0.403 e. The van der Waals surface area contributed by atoms with Crippen LogP contribution in [0.15, 0.2) is 109 Å². The Hall–Kier alpha value is -2.95. The molecule has 4 aromatic rings. The summed E-state index contributed by atoms with van der Waals surface area (Å²) in [6, 6.07) is 27.7. The molecule has 1 aliphatic heterocycles. The number of nitrogens with one attached hydrogen (secondary N) is 1. The van der Waals surface area contributed by atoms with Gasteiger partial charge in [-0.25, -0.2) is 0 Å². The van der Waals surface area contributed by atoms with Gasteiger partial charge in [0.1, 0.15) is 0 Å². The lowest BCUT2D eigenvalue weighted by Gasteiger charge is -2.36. The van der Waals surface area contributed by atoms with Crippen LogP contribution in [0.5, 0.6) is 0 Å². The molecule has 1 N–H and O–H groups in total. The topological polar surface area (TPSA) is 30.5 Å². The van der Waals surface area contributed by atoms with Gasteiger partial charge in [-0.1, -0.05) is 96.7 Å². The summed E-state index contributed by atoms with van der Waals surface area (Å²) in [7, 11) is -0.604. The molecule has 0 aliphatic carbocycles. The van der Waals surface area contributed by atoms with E-state index in [-0.39, 0.29) is 5.92 Å². The fourth-order valence-corrected chi connectivity index (χ4v) is 9.23. The first-order valence-corrected chi connectivity index (χ1v) is 17.9. The first-order chi connectivity index (χ1) is 21.9. The second-order valence-electron chi connectivity index (χ2n) is 12.7. The molecule has 0 unspecified atom stereocenters. The van der Waals surface area contributed by atoms with Crippen LogP contribution < -0.4 is 15.7 Å². The third kappa shape index (κ3) is 7.70. The molecule has 0 spiro atoms. The number of hydrogen-bond donors (Lipinski definition) is 1. The summed E-state index contributed by atoms with van der Waals surface area (Å²) >= 11 is 6.38. The fourth-order valence-electron chi connectivity index (χ4n) is 5.71. The van der Waals surface area contributed by atoms with Crippen molar-refractivity contribution in [3.05, 3.63) is 131 Å². The molecule has 1 aliphatic rings. The van der Waals surface area contributed by atoms with Crippen LogP contribution in [0.25, 0.3) is 0 Å². The van der Waals surface area contributed by atoms with Crippen LogP contribution in [0.1, 0.15) is 61.9 Å². The van der Waals surface area contributed by atoms with E-state index < -0.39 is 54.0 Å². The van der Waals surface area contributed by atoms with E-state index in [4.69, 9.17) is 21.1 Å². The molecule has 0 saturated carbocycles. The van der Waals surface area contributed by atoms with E-state index in [0.29, 0.717) is 16.9 Å². The van der Waals surface area contributed by atoms with E-state index in [0.717, 1.165) is 35.4 Å². The molecular formula is C35H35BF6NO2PS. The Balaban J connectivity index is 1.66. The van der Waals surface area contributed by atoms with Gasteiger partial charge >= 0.3 is 19.5 Å². The summed E-state index contributed by atoms with van der Waals surface area (Å²) in [5.74, 6) is -0.334. The van der Waals surface area contributed by atoms with Gasteiger partial charge in [-0.15, -0.1) is 0 Å². The Morgan fingerprint density at radius 2 is 1.02 bits per heavy atom. The van der Waals surface area contributed by atoms with Crippen molar-refractivity contribution in [2.24, 2.45) is 0 Å². The quantitative estimate of drug-likeness (QED) is 0.108. The van der Waals surface area contributed by atoms with E-state index in [9.17, 15) is 26.3 Å². The van der Waals surface area contributed by atoms with E-state index in [1.807, 2.05) is 88.4 Å². The van der Waals surface area contributed by atoms with Gasteiger partial charge in [0, 0.05) is 22.6 Å². The lowest BCUT2D eigenvalue weighted by molar-refractivity contribution is -0.138. The van der Waals surface area contributed by atoms with Crippen molar-refractivity contribution in [3.63, 3.8) is 0 Å². The van der Waals surface area contributed by atoms with Crippen LogP contribution in [0, 0.1) is 0 Å². The monoisotopic (exact) mass is 689 g/mol. The predicted molar refractivity (Wildman–Crippen MR) is 179 cm³/mol. The zero-order valence-electron chi connectivity index (χ0n) is 26.3. The summed E-state index contributed by atoms with van der Waals surface area (Å²) in [4.78, 5) is 0. The number of benzene rings is 4. The maximum atomic E-state index is 13.6. The van der Waals surface area contributed by atoms with E-state index in [1.165, 1.54) is 24.3 Å². The zero-order chi connectivity index (χ0) is 34.3. The van der Waals surface area contributed by atoms with Crippen molar-refractivity contribution in [3.8, 4) is 0 Å². The first-order valence-electron chi connectivity index (χ1n) is 15.1. The molecule has 0 amide bonds. The second-order valence-corrected chi connectivity index (χ2v) is 16.8. The molecule has 1 fully saturated rings. The molecule has 2 atom stereocenters. The Bertz CT molecular complexity index is 1620. The maximum Gasteiger partial charge on any atom is 0.458 e. The van der Waals surface area contributed by atoms with Crippen molar-refractivity contribution in [1.82, 2.24) is 5.09 Å². The lowest BCUT2D eigenvalue weighted by atomic mass is 9.71. The van der Waals surface area contributed by atoms with E-state index >= 15 is 0 Å². The number of rotatable bonds is 9. The van der Waals surface area contributed by atoms with E-state index in [2.05, 4.69) is 5.09 Å². The summed E-state index contributed by atoms with van der Waals surface area (Å²) in [6.45, 7) is 7.86. The Labute approximate surface area is 276 Å². The highest BCUT2D eigenvalue weighted by Gasteiger charge is 2.52. The van der Waals surface area contributed by atoms with Crippen LogP contribution in [0.2, 0.25) is 6.32 Å². The van der Waals surface area contributed by atoms with Gasteiger partial charge in [0.15, 0.2) is 0 Å². The van der Waals surface area contributed by atoms with Gasteiger partial charge in [0.2, 0.25) is 0 Å². The Kier molecular flexibility index (Phi) is 9.91. The molecule has 1 saturated heterocycles. The standard InChI is InChI=1S/C35H35BF6NO2PS/c1-32(2)33(3,4)45-36(44-32)23-30(24-11-7-5-8-12-24)31(25-13-9-6-10-14-25)43-46(47,28-19-15-26(16-20-28)34(37,38)39)29-21-17-27(18-22-29)35(40,41)42/h5-22,30-31H,23H2,1-4H3,(H,43,47)/t30-,31+/m1/s1. The van der Waals surface area contributed by atoms with Gasteiger partial charge in [-0.2, -0.15) is 26.3 Å². The fraction of sp³-hybridized carbons (Fsp3) is 0.314. The SMILES string of the molecule is CC1(C)OB(C[C@H](c2ccccc2)[C@@H](NP(=S)(c2ccc(C(F)(F)F)cc2)c2ccc(C(F)(F)F)cc2)c2ccccc2)OC1(C)C. The molecule has 0 bridgehead atoms. The molecule has 4 aromatic carbocycles. The van der Waals surface area contributed by atoms with Gasteiger partial charge in [-0.3, -0.25) is 5.09 Å². The molecule has 248 valence electrons. The van der Waals surface area contributed by atoms with Crippen LogP contribution in [-0.4, -0.2) is 18.3 Å². The molecule has 12 heteroatoms. The highest BCUT2D eigenvalue weighted by molar-refractivity contribution is 8.20. The van der Waals surface area contributed by atoms with E-state index in [1.54, 1.807) is 0 Å². The van der Waals surface area contributed by atoms with Crippen LogP contribution >= 0.6 is 6.19 Å². The van der Waals surface area contributed by atoms with Crippen LogP contribution in [-0.2, 0) is 33.5 Å². The highest BCUT2D eigenvalue weighted by atomic mass is 32.4. The molecule has 0 aromatic heterocycles. The third-order valence-electron chi connectivity index (χ3n) is 8.97. The summed E-state index contributed by atoms with van der Waals surface area (Å²) in [5.41, 5.74) is -1.11. The minimum atomic E-state index is -4.57. The van der Waals surface area contributed by atoms with Crippen molar-refractivity contribution in [1.29, 1.82) is 0 Å². The number of alkyl halides is 6.